The predicted octanol–water partition coefficient (Wildman–Crippen LogP) is 3.57. The minimum atomic E-state index is -0.348. The molecule has 1 saturated carbocycles. The van der Waals surface area contributed by atoms with Gasteiger partial charge in [0.15, 0.2) is 0 Å². The molecule has 2 heterocycles. The minimum Gasteiger partial charge on any atom is -0.489 e. The normalized spacial score (nSPS) is 23.7. The van der Waals surface area contributed by atoms with Crippen molar-refractivity contribution in [3.8, 4) is 11.8 Å². The second-order valence-electron chi connectivity index (χ2n) is 10.7. The van der Waals surface area contributed by atoms with E-state index in [2.05, 4.69) is 47.9 Å². The number of carbonyl (C=O) groups excluding carboxylic acids is 1. The van der Waals surface area contributed by atoms with Crippen LogP contribution in [0, 0.1) is 22.2 Å². The number of halogens is 1. The average molecular weight is 498 g/mol. The van der Waals surface area contributed by atoms with Crippen LogP contribution in [0.4, 0.5) is 0 Å². The van der Waals surface area contributed by atoms with E-state index in [4.69, 9.17) is 21.6 Å². The molecule has 8 nitrogen and oxygen atoms in total. The van der Waals surface area contributed by atoms with E-state index in [0.29, 0.717) is 34.3 Å². The van der Waals surface area contributed by atoms with Crippen molar-refractivity contribution in [2.75, 3.05) is 13.1 Å². The van der Waals surface area contributed by atoms with Crippen molar-refractivity contribution in [1.82, 2.24) is 20.2 Å². The maximum absolute atomic E-state index is 13.0. The van der Waals surface area contributed by atoms with Crippen molar-refractivity contribution < 1.29 is 14.6 Å². The van der Waals surface area contributed by atoms with Gasteiger partial charge in [0.05, 0.1) is 28.8 Å². The van der Waals surface area contributed by atoms with Gasteiger partial charge >= 0.3 is 0 Å². The molecular formula is C26H32ClN5O3. The number of aromatic nitrogens is 2. The molecule has 0 bridgehead atoms. The van der Waals surface area contributed by atoms with Gasteiger partial charge in [-0.05, 0) is 25.0 Å². The topological polar surface area (TPSA) is 111 Å². The number of likely N-dealkylation sites (tertiary alicyclic amines) is 1. The lowest BCUT2D eigenvalue weighted by atomic mass is 9.49. The van der Waals surface area contributed by atoms with Gasteiger partial charge < -0.3 is 15.2 Å². The van der Waals surface area contributed by atoms with E-state index < -0.39 is 0 Å². The fraction of sp³-hybridized carbons (Fsp3) is 0.538. The van der Waals surface area contributed by atoms with Gasteiger partial charge in [-0.15, -0.1) is 0 Å². The summed E-state index contributed by atoms with van der Waals surface area (Å²) in [5, 5.41) is 22.3. The molecule has 9 heteroatoms. The summed E-state index contributed by atoms with van der Waals surface area (Å²) in [5.41, 5.74) is 0.120. The molecule has 35 heavy (non-hydrogen) atoms. The molecule has 2 aromatic rings. The number of carbonyl (C=O) groups is 1. The highest BCUT2D eigenvalue weighted by Crippen LogP contribution is 2.55. The number of aliphatic hydroxyl groups excluding tert-OH is 1. The lowest BCUT2D eigenvalue weighted by Gasteiger charge is -2.63. The van der Waals surface area contributed by atoms with E-state index in [1.165, 1.54) is 0 Å². The molecule has 2 aliphatic rings. The first-order valence-corrected chi connectivity index (χ1v) is 12.3. The molecule has 0 atom stereocenters. The number of rotatable bonds is 6. The molecule has 1 amide bonds. The molecule has 0 spiro atoms. The number of piperidine rings is 1. The van der Waals surface area contributed by atoms with Gasteiger partial charge in [0.1, 0.15) is 23.7 Å². The van der Waals surface area contributed by atoms with Crippen LogP contribution in [-0.2, 0) is 6.54 Å². The molecule has 1 aliphatic carbocycles. The van der Waals surface area contributed by atoms with E-state index in [1.54, 1.807) is 30.6 Å². The summed E-state index contributed by atoms with van der Waals surface area (Å²) in [7, 11) is 0. The molecule has 1 aromatic heterocycles. The molecule has 186 valence electrons. The molecule has 1 saturated heterocycles. The zero-order valence-electron chi connectivity index (χ0n) is 20.6. The summed E-state index contributed by atoms with van der Waals surface area (Å²) in [6, 6.07) is 6.96. The van der Waals surface area contributed by atoms with Gasteiger partial charge in [-0.3, -0.25) is 9.69 Å². The molecule has 1 aliphatic heterocycles. The highest BCUT2D eigenvalue weighted by molar-refractivity contribution is 6.31. The summed E-state index contributed by atoms with van der Waals surface area (Å²) >= 11 is 6.17. The Bertz CT molecular complexity index is 1100. The Balaban J connectivity index is 1.38. The quantitative estimate of drug-likeness (QED) is 0.627. The Kier molecular flexibility index (Phi) is 7.05. The van der Waals surface area contributed by atoms with E-state index in [9.17, 15) is 9.90 Å². The number of benzene rings is 1. The van der Waals surface area contributed by atoms with Crippen molar-refractivity contribution in [2.45, 2.75) is 65.3 Å². The van der Waals surface area contributed by atoms with E-state index in [0.717, 1.165) is 25.9 Å². The van der Waals surface area contributed by atoms with Gasteiger partial charge in [0.2, 0.25) is 0 Å². The van der Waals surface area contributed by atoms with Crippen molar-refractivity contribution in [1.29, 1.82) is 5.26 Å². The molecule has 1 aromatic carbocycles. The van der Waals surface area contributed by atoms with Crippen LogP contribution in [0.25, 0.3) is 0 Å². The number of ether oxygens (including phenoxy) is 1. The maximum atomic E-state index is 13.0. The first kappa shape index (κ1) is 25.4. The second-order valence-corrected chi connectivity index (χ2v) is 11.1. The van der Waals surface area contributed by atoms with Crippen LogP contribution >= 0.6 is 11.6 Å². The molecule has 2 fully saturated rings. The van der Waals surface area contributed by atoms with Crippen molar-refractivity contribution >= 4 is 17.5 Å². The van der Waals surface area contributed by atoms with Crippen molar-refractivity contribution in [2.24, 2.45) is 10.8 Å². The number of nitrogens with zero attached hydrogens (tertiary/aromatic N) is 4. The molecular weight excluding hydrogens is 466 g/mol. The lowest BCUT2D eigenvalue weighted by molar-refractivity contribution is -0.164. The fourth-order valence-electron chi connectivity index (χ4n) is 5.64. The predicted molar refractivity (Wildman–Crippen MR) is 132 cm³/mol. The lowest BCUT2D eigenvalue weighted by Crippen LogP contribution is -2.74. The van der Waals surface area contributed by atoms with E-state index >= 15 is 0 Å². The highest BCUT2D eigenvalue weighted by atomic mass is 35.5. The summed E-state index contributed by atoms with van der Waals surface area (Å²) in [6.45, 7) is 10.5. The Morgan fingerprint density at radius 1 is 1.23 bits per heavy atom. The van der Waals surface area contributed by atoms with E-state index in [1.807, 2.05) is 6.07 Å². The van der Waals surface area contributed by atoms with Crippen molar-refractivity contribution in [3.05, 3.63) is 52.6 Å². The molecule has 0 unspecified atom stereocenters. The first-order chi connectivity index (χ1) is 16.5. The van der Waals surface area contributed by atoms with Gasteiger partial charge in [0, 0.05) is 48.4 Å². The van der Waals surface area contributed by atoms with Crippen LogP contribution < -0.4 is 10.1 Å². The Morgan fingerprint density at radius 3 is 2.43 bits per heavy atom. The number of aliphatic hydroxyl groups is 1. The number of nitrogens with one attached hydrogen (secondary N) is 1. The van der Waals surface area contributed by atoms with Crippen LogP contribution in [0.1, 0.15) is 62.3 Å². The van der Waals surface area contributed by atoms with Crippen molar-refractivity contribution in [3.63, 3.8) is 0 Å². The Morgan fingerprint density at radius 2 is 1.86 bits per heavy atom. The Hall–Kier alpha value is -2.73. The summed E-state index contributed by atoms with van der Waals surface area (Å²) in [6.07, 6.45) is 4.27. The first-order valence-electron chi connectivity index (χ1n) is 11.9. The zero-order valence-corrected chi connectivity index (χ0v) is 21.3. The minimum absolute atomic E-state index is 0.138. The SMILES string of the molecule is CC1(C)C(NC(=O)c2cnc(CN3CCC(O)CC3)nc2)C(C)(C)C1Oc1ccc(C#N)c(Cl)c1. The molecule has 2 N–H and O–H groups in total. The number of amides is 1. The third kappa shape index (κ3) is 5.13. The van der Waals surface area contributed by atoms with Gasteiger partial charge in [-0.1, -0.05) is 39.3 Å². The fourth-order valence-corrected chi connectivity index (χ4v) is 5.85. The largest absolute Gasteiger partial charge is 0.489 e. The summed E-state index contributed by atoms with van der Waals surface area (Å²) in [5.74, 6) is 1.04. The van der Waals surface area contributed by atoms with Crippen LogP contribution in [0.3, 0.4) is 0 Å². The standard InChI is InChI=1S/C26H32ClN5O3/c1-25(2)23(26(3,4)24(25)35-19-6-5-16(12-28)20(27)11-19)31-22(34)17-13-29-21(30-14-17)15-32-9-7-18(33)8-10-32/h5-6,11,13-14,18,23-24,33H,7-10,15H2,1-4H3,(H,31,34). The van der Waals surface area contributed by atoms with Crippen LogP contribution in [0.2, 0.25) is 5.02 Å². The zero-order chi connectivity index (χ0) is 25.4. The molecule has 0 radical (unpaired) electrons. The van der Waals surface area contributed by atoms with E-state index in [-0.39, 0.29) is 35.0 Å². The second kappa shape index (κ2) is 9.73. The number of hydrogen-bond acceptors (Lipinski definition) is 7. The van der Waals surface area contributed by atoms with Crippen LogP contribution in [-0.4, -0.2) is 57.2 Å². The smallest absolute Gasteiger partial charge is 0.254 e. The summed E-state index contributed by atoms with van der Waals surface area (Å²) in [4.78, 5) is 24.0. The highest BCUT2D eigenvalue weighted by Gasteiger charge is 2.64. The number of nitriles is 1. The molecule has 4 rings (SSSR count). The summed E-state index contributed by atoms with van der Waals surface area (Å²) < 4.78 is 6.28. The average Bonchev–Trinajstić information content (AvgIpc) is 2.82. The van der Waals surface area contributed by atoms with Gasteiger partial charge in [0.25, 0.3) is 5.91 Å². The third-order valence-electron chi connectivity index (χ3n) is 7.32. The monoisotopic (exact) mass is 497 g/mol. The maximum Gasteiger partial charge on any atom is 0.254 e. The number of hydrogen-bond donors (Lipinski definition) is 2. The van der Waals surface area contributed by atoms with Crippen LogP contribution in [0.5, 0.6) is 5.75 Å². The van der Waals surface area contributed by atoms with Crippen LogP contribution in [0.15, 0.2) is 30.6 Å². The van der Waals surface area contributed by atoms with Gasteiger partial charge in [-0.25, -0.2) is 9.97 Å². The Labute approximate surface area is 211 Å². The third-order valence-corrected chi connectivity index (χ3v) is 7.63. The van der Waals surface area contributed by atoms with Gasteiger partial charge in [-0.2, -0.15) is 5.26 Å².